The second-order valence-electron chi connectivity index (χ2n) is 5.84. The van der Waals surface area contributed by atoms with Crippen LogP contribution in [0, 0.1) is 0 Å². The van der Waals surface area contributed by atoms with E-state index in [1.165, 1.54) is 11.6 Å². The lowest BCUT2D eigenvalue weighted by Gasteiger charge is -2.09. The summed E-state index contributed by atoms with van der Waals surface area (Å²) in [6.45, 7) is 0. The summed E-state index contributed by atoms with van der Waals surface area (Å²) < 4.78 is 2.51. The van der Waals surface area contributed by atoms with E-state index in [1.807, 2.05) is 54.6 Å². The maximum Gasteiger partial charge on any atom is 0.332 e. The first kappa shape index (κ1) is 14.4. The Bertz CT molecular complexity index is 1200. The lowest BCUT2D eigenvalue weighted by molar-refractivity contribution is 0.708. The number of aryl methyl sites for hydroxylation is 1. The van der Waals surface area contributed by atoms with E-state index in [4.69, 9.17) is 0 Å². The summed E-state index contributed by atoms with van der Waals surface area (Å²) in [5, 5.41) is 1.32. The zero-order valence-corrected chi connectivity index (χ0v) is 13.4. The maximum atomic E-state index is 12.4. The summed E-state index contributed by atoms with van der Waals surface area (Å²) in [5.41, 5.74) is 2.63. The van der Waals surface area contributed by atoms with Crippen LogP contribution in [0.5, 0.6) is 0 Å². The molecular formula is C19H15N3O2. The van der Waals surface area contributed by atoms with Gasteiger partial charge in [0.2, 0.25) is 0 Å². The Morgan fingerprint density at radius 3 is 2.33 bits per heavy atom. The Morgan fingerprint density at radius 1 is 0.833 bits per heavy atom. The molecule has 0 aliphatic heterocycles. The minimum absolute atomic E-state index is 0.326. The van der Waals surface area contributed by atoms with Gasteiger partial charge in [0.1, 0.15) is 5.65 Å². The predicted octanol–water partition coefficient (Wildman–Crippen LogP) is 2.45. The molecule has 0 N–H and O–H groups in total. The van der Waals surface area contributed by atoms with Crippen LogP contribution in [-0.2, 0) is 14.1 Å². The van der Waals surface area contributed by atoms with Crippen LogP contribution < -0.4 is 11.2 Å². The molecule has 0 radical (unpaired) electrons. The van der Waals surface area contributed by atoms with Crippen molar-refractivity contribution in [3.63, 3.8) is 0 Å². The number of benzene rings is 2. The van der Waals surface area contributed by atoms with Crippen molar-refractivity contribution in [2.24, 2.45) is 14.1 Å². The van der Waals surface area contributed by atoms with E-state index in [0.29, 0.717) is 11.0 Å². The summed E-state index contributed by atoms with van der Waals surface area (Å²) in [6.07, 6.45) is 0. The molecule has 0 saturated heterocycles. The lowest BCUT2D eigenvalue weighted by atomic mass is 10.0. The maximum absolute atomic E-state index is 12.4. The largest absolute Gasteiger partial charge is 0.332 e. The number of fused-ring (bicyclic) bond motifs is 2. The Labute approximate surface area is 137 Å². The van der Waals surface area contributed by atoms with Crippen LogP contribution in [0.1, 0.15) is 0 Å². The molecule has 2 aromatic carbocycles. The highest BCUT2D eigenvalue weighted by molar-refractivity contribution is 5.93. The van der Waals surface area contributed by atoms with Crippen molar-refractivity contribution in [2.45, 2.75) is 0 Å². The molecule has 5 heteroatoms. The van der Waals surface area contributed by atoms with Crippen LogP contribution in [0.4, 0.5) is 0 Å². The summed E-state index contributed by atoms with van der Waals surface area (Å²) in [5.74, 6) is 0. The van der Waals surface area contributed by atoms with E-state index in [0.717, 1.165) is 26.6 Å². The van der Waals surface area contributed by atoms with Crippen molar-refractivity contribution in [1.29, 1.82) is 0 Å². The summed E-state index contributed by atoms with van der Waals surface area (Å²) >= 11 is 0. The van der Waals surface area contributed by atoms with Gasteiger partial charge in [-0.15, -0.1) is 0 Å². The fourth-order valence-electron chi connectivity index (χ4n) is 2.97. The highest BCUT2D eigenvalue weighted by Gasteiger charge is 2.11. The van der Waals surface area contributed by atoms with E-state index < -0.39 is 0 Å². The fraction of sp³-hybridized carbons (Fsp3) is 0.105. The van der Waals surface area contributed by atoms with Gasteiger partial charge in [0.15, 0.2) is 0 Å². The van der Waals surface area contributed by atoms with Gasteiger partial charge in [-0.05, 0) is 29.3 Å². The van der Waals surface area contributed by atoms with Crippen molar-refractivity contribution < 1.29 is 0 Å². The average Bonchev–Trinajstić information content (AvgIpc) is 2.63. The lowest BCUT2D eigenvalue weighted by Crippen LogP contribution is -2.37. The van der Waals surface area contributed by atoms with Gasteiger partial charge in [-0.1, -0.05) is 36.4 Å². The van der Waals surface area contributed by atoms with Crippen molar-refractivity contribution in [2.75, 3.05) is 0 Å². The molecule has 24 heavy (non-hydrogen) atoms. The molecule has 0 atom stereocenters. The molecule has 0 aliphatic carbocycles. The fourth-order valence-corrected chi connectivity index (χ4v) is 2.97. The number of rotatable bonds is 1. The van der Waals surface area contributed by atoms with E-state index >= 15 is 0 Å². The Balaban J connectivity index is 2.07. The van der Waals surface area contributed by atoms with Crippen LogP contribution in [0.3, 0.4) is 0 Å². The highest BCUT2D eigenvalue weighted by atomic mass is 16.2. The van der Waals surface area contributed by atoms with Gasteiger partial charge in [-0.3, -0.25) is 13.9 Å². The van der Waals surface area contributed by atoms with Gasteiger partial charge in [-0.2, -0.15) is 0 Å². The first-order valence-electron chi connectivity index (χ1n) is 7.62. The number of pyridine rings is 1. The zero-order chi connectivity index (χ0) is 16.8. The second kappa shape index (κ2) is 5.16. The highest BCUT2D eigenvalue weighted by Crippen LogP contribution is 2.24. The Kier molecular flexibility index (Phi) is 3.09. The normalized spacial score (nSPS) is 11.2. The third-order valence-corrected chi connectivity index (χ3v) is 4.33. The SMILES string of the molecule is Cn1c(=O)c2cc3cc(-c4ccccc4)ccc3nc2n(C)c1=O. The molecule has 0 saturated carbocycles. The molecule has 0 amide bonds. The molecule has 4 aromatic rings. The summed E-state index contributed by atoms with van der Waals surface area (Å²) in [7, 11) is 3.11. The smallest absolute Gasteiger partial charge is 0.280 e. The first-order chi connectivity index (χ1) is 11.6. The minimum atomic E-state index is -0.375. The van der Waals surface area contributed by atoms with Crippen molar-refractivity contribution in [3.05, 3.63) is 75.4 Å². The van der Waals surface area contributed by atoms with Crippen LogP contribution in [0.25, 0.3) is 33.1 Å². The molecule has 4 rings (SSSR count). The van der Waals surface area contributed by atoms with Gasteiger partial charge in [-0.25, -0.2) is 9.78 Å². The standard InChI is InChI=1S/C19H15N3O2/c1-21-17-15(18(23)22(2)19(21)24)11-14-10-13(8-9-16(14)20-17)12-6-4-3-5-7-12/h3-11H,1-2H3. The average molecular weight is 317 g/mol. The molecule has 0 unspecified atom stereocenters. The van der Waals surface area contributed by atoms with Gasteiger partial charge in [0, 0.05) is 19.5 Å². The van der Waals surface area contributed by atoms with Gasteiger partial charge in [0.25, 0.3) is 5.56 Å². The Morgan fingerprint density at radius 2 is 1.58 bits per heavy atom. The number of hydrogen-bond donors (Lipinski definition) is 0. The van der Waals surface area contributed by atoms with E-state index in [9.17, 15) is 9.59 Å². The predicted molar refractivity (Wildman–Crippen MR) is 95.2 cm³/mol. The second-order valence-corrected chi connectivity index (χ2v) is 5.84. The number of hydrogen-bond acceptors (Lipinski definition) is 3. The van der Waals surface area contributed by atoms with Crippen LogP contribution in [0.2, 0.25) is 0 Å². The van der Waals surface area contributed by atoms with Gasteiger partial charge in [0.05, 0.1) is 10.9 Å². The summed E-state index contributed by atoms with van der Waals surface area (Å²) in [4.78, 5) is 29.0. The molecule has 2 heterocycles. The topological polar surface area (TPSA) is 56.9 Å². The van der Waals surface area contributed by atoms with Crippen LogP contribution in [-0.4, -0.2) is 14.1 Å². The minimum Gasteiger partial charge on any atom is -0.280 e. The van der Waals surface area contributed by atoms with E-state index in [-0.39, 0.29) is 11.2 Å². The number of nitrogens with zero attached hydrogens (tertiary/aromatic N) is 3. The molecule has 0 bridgehead atoms. The molecule has 0 aliphatic rings. The quantitative estimate of drug-likeness (QED) is 0.507. The molecule has 0 spiro atoms. The van der Waals surface area contributed by atoms with Crippen molar-refractivity contribution in [3.8, 4) is 11.1 Å². The number of aromatic nitrogens is 3. The molecule has 118 valence electrons. The first-order valence-corrected chi connectivity index (χ1v) is 7.62. The third-order valence-electron chi connectivity index (χ3n) is 4.33. The van der Waals surface area contributed by atoms with Gasteiger partial charge < -0.3 is 0 Å². The molecule has 0 fully saturated rings. The zero-order valence-electron chi connectivity index (χ0n) is 13.4. The van der Waals surface area contributed by atoms with Crippen LogP contribution in [0.15, 0.2) is 64.2 Å². The van der Waals surface area contributed by atoms with Crippen LogP contribution >= 0.6 is 0 Å². The Hall–Kier alpha value is -3.21. The van der Waals surface area contributed by atoms with E-state index in [2.05, 4.69) is 4.98 Å². The van der Waals surface area contributed by atoms with Crippen molar-refractivity contribution in [1.82, 2.24) is 14.1 Å². The molecular weight excluding hydrogens is 302 g/mol. The van der Waals surface area contributed by atoms with E-state index in [1.54, 1.807) is 7.05 Å². The van der Waals surface area contributed by atoms with Gasteiger partial charge >= 0.3 is 5.69 Å². The third kappa shape index (κ3) is 2.06. The monoisotopic (exact) mass is 317 g/mol. The summed E-state index contributed by atoms with van der Waals surface area (Å²) in [6, 6.07) is 17.8. The van der Waals surface area contributed by atoms with Crippen molar-refractivity contribution >= 4 is 21.9 Å². The molecule has 2 aromatic heterocycles. The molecule has 5 nitrogen and oxygen atoms in total.